The Kier molecular flexibility index (Phi) is 5.44. The Hall–Kier alpha value is -0.370. The summed E-state index contributed by atoms with van der Waals surface area (Å²) >= 11 is 0. The molecule has 2 saturated carbocycles. The predicted octanol–water partition coefficient (Wildman–Crippen LogP) is 3.89. The molecule has 0 amide bonds. The van der Waals surface area contributed by atoms with E-state index < -0.39 is 0 Å². The second-order valence-electron chi connectivity index (χ2n) is 7.08. The average Bonchev–Trinajstić information content (AvgIpc) is 3.16. The highest BCUT2D eigenvalue weighted by Crippen LogP contribution is 2.33. The first kappa shape index (κ1) is 15.0. The van der Waals surface area contributed by atoms with Gasteiger partial charge < -0.3 is 0 Å². The Bertz CT molecular complexity index is 296. The normalized spacial score (nSPS) is 28.4. The van der Waals surface area contributed by atoms with Crippen molar-refractivity contribution in [1.82, 2.24) is 4.90 Å². The molecular formula is C17H31NO. The Balaban J connectivity index is 1.87. The van der Waals surface area contributed by atoms with Gasteiger partial charge in [0.2, 0.25) is 0 Å². The van der Waals surface area contributed by atoms with Crippen LogP contribution in [0.5, 0.6) is 0 Å². The van der Waals surface area contributed by atoms with Gasteiger partial charge in [-0.3, -0.25) is 9.69 Å². The number of ketones is 1. The molecule has 0 aromatic carbocycles. The number of Topliss-reactive ketones (excluding diaryl/α,β-unsaturated/α-hetero) is 1. The van der Waals surface area contributed by atoms with Crippen LogP contribution in [0.1, 0.15) is 65.7 Å². The number of rotatable bonds is 7. The first-order valence-corrected chi connectivity index (χ1v) is 8.36. The number of hydrogen-bond acceptors (Lipinski definition) is 2. The molecule has 0 saturated heterocycles. The molecule has 0 spiro atoms. The van der Waals surface area contributed by atoms with E-state index in [-0.39, 0.29) is 0 Å². The second kappa shape index (κ2) is 6.88. The van der Waals surface area contributed by atoms with Gasteiger partial charge in [0.05, 0.1) is 0 Å². The maximum absolute atomic E-state index is 12.2. The Morgan fingerprint density at radius 3 is 2.47 bits per heavy atom. The van der Waals surface area contributed by atoms with E-state index in [1.165, 1.54) is 32.2 Å². The third kappa shape index (κ3) is 4.59. The Morgan fingerprint density at radius 2 is 1.89 bits per heavy atom. The lowest BCUT2D eigenvalue weighted by molar-refractivity contribution is -0.126. The van der Waals surface area contributed by atoms with Crippen molar-refractivity contribution in [2.24, 2.45) is 17.8 Å². The highest BCUT2D eigenvalue weighted by atomic mass is 16.1. The van der Waals surface area contributed by atoms with E-state index in [0.717, 1.165) is 37.6 Å². The van der Waals surface area contributed by atoms with E-state index in [0.29, 0.717) is 17.7 Å². The van der Waals surface area contributed by atoms with Crippen molar-refractivity contribution >= 4 is 5.78 Å². The molecule has 2 nitrogen and oxygen atoms in total. The van der Waals surface area contributed by atoms with Crippen LogP contribution < -0.4 is 0 Å². The van der Waals surface area contributed by atoms with Crippen LogP contribution in [0.15, 0.2) is 0 Å². The van der Waals surface area contributed by atoms with Gasteiger partial charge in [0.25, 0.3) is 0 Å². The van der Waals surface area contributed by atoms with Gasteiger partial charge in [-0.25, -0.2) is 0 Å². The Morgan fingerprint density at radius 1 is 1.16 bits per heavy atom. The summed E-state index contributed by atoms with van der Waals surface area (Å²) in [6.07, 6.45) is 8.52. The second-order valence-corrected chi connectivity index (χ2v) is 7.08. The maximum Gasteiger partial charge on any atom is 0.137 e. The number of carbonyl (C=O) groups excluding carboxylic acids is 1. The molecule has 2 fully saturated rings. The summed E-state index contributed by atoms with van der Waals surface area (Å²) < 4.78 is 0. The number of carbonyl (C=O) groups is 1. The zero-order valence-electron chi connectivity index (χ0n) is 13.0. The number of nitrogens with zero attached hydrogens (tertiary/aromatic N) is 1. The predicted molar refractivity (Wildman–Crippen MR) is 80.2 cm³/mol. The van der Waals surface area contributed by atoms with Gasteiger partial charge in [-0.05, 0) is 51.4 Å². The lowest BCUT2D eigenvalue weighted by atomic mass is 9.78. The van der Waals surface area contributed by atoms with E-state index in [1.54, 1.807) is 0 Å². The average molecular weight is 265 g/mol. The van der Waals surface area contributed by atoms with Crippen LogP contribution in [0.4, 0.5) is 0 Å². The first-order chi connectivity index (χ1) is 9.10. The standard InChI is InChI=1S/C17H31NO/c1-4-5-14-8-9-17(19)16(10-14)12-18(13(2)3)11-15-6-7-15/h13-16H,4-12H2,1-3H3. The van der Waals surface area contributed by atoms with Gasteiger partial charge in [0, 0.05) is 31.5 Å². The Labute approximate surface area is 118 Å². The van der Waals surface area contributed by atoms with E-state index in [1.807, 2.05) is 0 Å². The summed E-state index contributed by atoms with van der Waals surface area (Å²) in [4.78, 5) is 14.7. The minimum atomic E-state index is 0.325. The van der Waals surface area contributed by atoms with Gasteiger partial charge in [-0.2, -0.15) is 0 Å². The number of hydrogen-bond donors (Lipinski definition) is 0. The lowest BCUT2D eigenvalue weighted by Gasteiger charge is -2.34. The van der Waals surface area contributed by atoms with Crippen LogP contribution in [0.2, 0.25) is 0 Å². The summed E-state index contributed by atoms with van der Waals surface area (Å²) in [5.41, 5.74) is 0. The molecule has 0 radical (unpaired) electrons. The molecule has 19 heavy (non-hydrogen) atoms. The topological polar surface area (TPSA) is 20.3 Å². The highest BCUT2D eigenvalue weighted by Gasteiger charge is 2.32. The van der Waals surface area contributed by atoms with Crippen LogP contribution in [0.3, 0.4) is 0 Å². The van der Waals surface area contributed by atoms with Crippen molar-refractivity contribution in [3.63, 3.8) is 0 Å². The molecule has 0 aliphatic heterocycles. The summed E-state index contributed by atoms with van der Waals surface area (Å²) in [6.45, 7) is 9.06. The van der Waals surface area contributed by atoms with Crippen molar-refractivity contribution in [2.45, 2.75) is 71.8 Å². The molecule has 2 rings (SSSR count). The molecule has 2 aliphatic carbocycles. The van der Waals surface area contributed by atoms with Crippen LogP contribution in [-0.4, -0.2) is 29.8 Å². The lowest BCUT2D eigenvalue weighted by Crippen LogP contribution is -2.41. The molecule has 0 aromatic rings. The third-order valence-corrected chi connectivity index (χ3v) is 4.94. The van der Waals surface area contributed by atoms with Crippen molar-refractivity contribution in [2.75, 3.05) is 13.1 Å². The molecule has 0 heterocycles. The van der Waals surface area contributed by atoms with Gasteiger partial charge in [-0.15, -0.1) is 0 Å². The fraction of sp³-hybridized carbons (Fsp3) is 0.941. The van der Waals surface area contributed by atoms with E-state index in [4.69, 9.17) is 0 Å². The van der Waals surface area contributed by atoms with Crippen LogP contribution >= 0.6 is 0 Å². The molecule has 110 valence electrons. The molecule has 2 aliphatic rings. The smallest absolute Gasteiger partial charge is 0.137 e. The van der Waals surface area contributed by atoms with Crippen molar-refractivity contribution in [1.29, 1.82) is 0 Å². The monoisotopic (exact) mass is 265 g/mol. The van der Waals surface area contributed by atoms with E-state index >= 15 is 0 Å². The zero-order valence-corrected chi connectivity index (χ0v) is 13.0. The molecule has 2 atom stereocenters. The van der Waals surface area contributed by atoms with E-state index in [2.05, 4.69) is 25.7 Å². The molecule has 2 unspecified atom stereocenters. The SMILES string of the molecule is CCCC1CCC(=O)C(CN(CC2CC2)C(C)C)C1. The van der Waals surface area contributed by atoms with Gasteiger partial charge in [-0.1, -0.05) is 19.8 Å². The summed E-state index contributed by atoms with van der Waals surface area (Å²) in [6, 6.07) is 0.583. The van der Waals surface area contributed by atoms with Gasteiger partial charge >= 0.3 is 0 Å². The quantitative estimate of drug-likeness (QED) is 0.696. The maximum atomic E-state index is 12.2. The summed E-state index contributed by atoms with van der Waals surface area (Å²) in [5, 5.41) is 0. The van der Waals surface area contributed by atoms with Crippen molar-refractivity contribution < 1.29 is 4.79 Å². The minimum Gasteiger partial charge on any atom is -0.300 e. The summed E-state index contributed by atoms with van der Waals surface area (Å²) in [7, 11) is 0. The zero-order chi connectivity index (χ0) is 13.8. The molecule has 2 heteroatoms. The largest absolute Gasteiger partial charge is 0.300 e. The van der Waals surface area contributed by atoms with Crippen LogP contribution in [0.25, 0.3) is 0 Å². The molecule has 0 bridgehead atoms. The minimum absolute atomic E-state index is 0.325. The molecular weight excluding hydrogens is 234 g/mol. The molecule has 0 aromatic heterocycles. The van der Waals surface area contributed by atoms with Crippen LogP contribution in [-0.2, 0) is 4.79 Å². The molecule has 0 N–H and O–H groups in total. The van der Waals surface area contributed by atoms with Gasteiger partial charge in [0.1, 0.15) is 5.78 Å². The third-order valence-electron chi connectivity index (χ3n) is 4.94. The summed E-state index contributed by atoms with van der Waals surface area (Å²) in [5.74, 6) is 2.59. The first-order valence-electron chi connectivity index (χ1n) is 8.36. The van der Waals surface area contributed by atoms with Gasteiger partial charge in [0.15, 0.2) is 0 Å². The fourth-order valence-electron chi connectivity index (χ4n) is 3.46. The van der Waals surface area contributed by atoms with Crippen molar-refractivity contribution in [3.05, 3.63) is 0 Å². The van der Waals surface area contributed by atoms with Crippen LogP contribution in [0, 0.1) is 17.8 Å². The fourth-order valence-corrected chi connectivity index (χ4v) is 3.46. The highest BCUT2D eigenvalue weighted by molar-refractivity contribution is 5.81. The van der Waals surface area contributed by atoms with Crippen molar-refractivity contribution in [3.8, 4) is 0 Å². The van der Waals surface area contributed by atoms with E-state index in [9.17, 15) is 4.79 Å².